The van der Waals surface area contributed by atoms with E-state index in [1.807, 2.05) is 48.5 Å². The summed E-state index contributed by atoms with van der Waals surface area (Å²) in [6.07, 6.45) is 0.488. The number of benzene rings is 2. The third-order valence-electron chi connectivity index (χ3n) is 4.11. The van der Waals surface area contributed by atoms with Gasteiger partial charge in [-0.2, -0.15) is 0 Å². The molecule has 0 saturated carbocycles. The molecule has 0 spiro atoms. The average molecular weight is 355 g/mol. The van der Waals surface area contributed by atoms with E-state index in [-0.39, 0.29) is 24.5 Å². The predicted molar refractivity (Wildman–Crippen MR) is 100 cm³/mol. The Hall–Kier alpha value is -2.82. The summed E-state index contributed by atoms with van der Waals surface area (Å²) >= 11 is 0. The molecule has 0 saturated heterocycles. The Bertz CT molecular complexity index is 673. The highest BCUT2D eigenvalue weighted by molar-refractivity contribution is 5.83. The highest BCUT2D eigenvalue weighted by Gasteiger charge is 2.15. The van der Waals surface area contributed by atoms with E-state index in [1.165, 1.54) is 6.92 Å². The lowest BCUT2D eigenvalue weighted by atomic mass is 10.1. The molecule has 138 valence electrons. The Morgan fingerprint density at radius 1 is 0.769 bits per heavy atom. The Morgan fingerprint density at radius 2 is 1.19 bits per heavy atom. The minimum absolute atomic E-state index is 0.0206. The lowest BCUT2D eigenvalue weighted by Gasteiger charge is -2.23. The number of ether oxygens (including phenoxy) is 2. The molecule has 2 aromatic carbocycles. The maximum absolute atomic E-state index is 12.6. The number of amides is 1. The van der Waals surface area contributed by atoms with Crippen LogP contribution in [-0.4, -0.2) is 30.8 Å². The molecule has 0 aliphatic carbocycles. The van der Waals surface area contributed by atoms with Gasteiger partial charge in [0, 0.05) is 25.9 Å². The molecule has 1 amide bonds. The van der Waals surface area contributed by atoms with Crippen molar-refractivity contribution in [2.24, 2.45) is 0 Å². The van der Waals surface area contributed by atoms with Gasteiger partial charge in [0.05, 0.1) is 14.2 Å². The zero-order valence-electron chi connectivity index (χ0n) is 15.5. The predicted octanol–water partition coefficient (Wildman–Crippen LogP) is 3.60. The second-order valence-corrected chi connectivity index (χ2v) is 6.15. The van der Waals surface area contributed by atoms with Crippen LogP contribution in [-0.2, 0) is 22.7 Å². The molecule has 0 aromatic heterocycles. The van der Waals surface area contributed by atoms with Gasteiger partial charge in [-0.25, -0.2) is 0 Å². The van der Waals surface area contributed by atoms with E-state index in [0.717, 1.165) is 22.6 Å². The van der Waals surface area contributed by atoms with E-state index in [1.54, 1.807) is 19.1 Å². The molecule has 0 unspecified atom stereocenters. The van der Waals surface area contributed by atoms with Crippen molar-refractivity contribution in [3.8, 4) is 11.5 Å². The topological polar surface area (TPSA) is 55.8 Å². The van der Waals surface area contributed by atoms with Gasteiger partial charge >= 0.3 is 0 Å². The van der Waals surface area contributed by atoms with Gasteiger partial charge in [0.25, 0.3) is 0 Å². The average Bonchev–Trinajstić information content (AvgIpc) is 2.66. The van der Waals surface area contributed by atoms with Crippen LogP contribution in [0.3, 0.4) is 0 Å². The first-order valence-electron chi connectivity index (χ1n) is 8.55. The van der Waals surface area contributed by atoms with Crippen LogP contribution in [0, 0.1) is 0 Å². The fraction of sp³-hybridized carbons (Fsp3) is 0.333. The van der Waals surface area contributed by atoms with Crippen molar-refractivity contribution in [1.82, 2.24) is 4.90 Å². The van der Waals surface area contributed by atoms with Gasteiger partial charge in [-0.1, -0.05) is 24.3 Å². The molecule has 5 nitrogen and oxygen atoms in total. The van der Waals surface area contributed by atoms with Crippen molar-refractivity contribution >= 4 is 11.7 Å². The zero-order valence-corrected chi connectivity index (χ0v) is 15.5. The minimum Gasteiger partial charge on any atom is -0.497 e. The van der Waals surface area contributed by atoms with Crippen LogP contribution < -0.4 is 9.47 Å². The number of rotatable bonds is 9. The molecule has 2 aromatic rings. The van der Waals surface area contributed by atoms with Gasteiger partial charge in [-0.05, 0) is 42.3 Å². The first-order valence-corrected chi connectivity index (χ1v) is 8.55. The summed E-state index contributed by atoms with van der Waals surface area (Å²) in [5, 5.41) is 0. The Kier molecular flexibility index (Phi) is 7.21. The lowest BCUT2D eigenvalue weighted by molar-refractivity contribution is -0.134. The Morgan fingerprint density at radius 3 is 1.54 bits per heavy atom. The highest BCUT2D eigenvalue weighted by atomic mass is 16.5. The Balaban J connectivity index is 2.13. The van der Waals surface area contributed by atoms with Crippen molar-refractivity contribution in [3.63, 3.8) is 0 Å². The van der Waals surface area contributed by atoms with E-state index < -0.39 is 0 Å². The van der Waals surface area contributed by atoms with Crippen LogP contribution in [0.5, 0.6) is 11.5 Å². The first-order chi connectivity index (χ1) is 12.5. The second kappa shape index (κ2) is 9.61. The van der Waals surface area contributed by atoms with Gasteiger partial charge in [-0.3, -0.25) is 4.79 Å². The number of Topliss-reactive ketones (excluding diaryl/α,β-unsaturated/α-hetero) is 1. The van der Waals surface area contributed by atoms with Gasteiger partial charge in [0.2, 0.25) is 5.91 Å². The fourth-order valence-corrected chi connectivity index (χ4v) is 2.58. The quantitative estimate of drug-likeness (QED) is 0.690. The monoisotopic (exact) mass is 355 g/mol. The molecule has 0 N–H and O–H groups in total. The summed E-state index contributed by atoms with van der Waals surface area (Å²) in [7, 11) is 3.24. The van der Waals surface area contributed by atoms with Crippen LogP contribution in [0.15, 0.2) is 48.5 Å². The van der Waals surface area contributed by atoms with Crippen molar-refractivity contribution in [3.05, 3.63) is 59.7 Å². The van der Waals surface area contributed by atoms with Crippen molar-refractivity contribution in [1.29, 1.82) is 0 Å². The number of methoxy groups -OCH3 is 2. The van der Waals surface area contributed by atoms with Gasteiger partial charge in [0.15, 0.2) is 0 Å². The summed E-state index contributed by atoms with van der Waals surface area (Å²) in [5.41, 5.74) is 2.02. The molecule has 0 aliphatic heterocycles. The van der Waals surface area contributed by atoms with Crippen LogP contribution in [0.2, 0.25) is 0 Å². The maximum atomic E-state index is 12.6. The number of ketones is 1. The van der Waals surface area contributed by atoms with Crippen LogP contribution in [0.1, 0.15) is 30.9 Å². The van der Waals surface area contributed by atoms with Gasteiger partial charge in [0.1, 0.15) is 17.3 Å². The van der Waals surface area contributed by atoms with Crippen molar-refractivity contribution in [2.45, 2.75) is 32.9 Å². The number of hydrogen-bond acceptors (Lipinski definition) is 4. The van der Waals surface area contributed by atoms with E-state index in [9.17, 15) is 9.59 Å². The third-order valence-corrected chi connectivity index (χ3v) is 4.11. The third kappa shape index (κ3) is 5.92. The van der Waals surface area contributed by atoms with Crippen LogP contribution in [0.4, 0.5) is 0 Å². The molecule has 0 bridgehead atoms. The summed E-state index contributed by atoms with van der Waals surface area (Å²) in [6, 6.07) is 15.3. The normalized spacial score (nSPS) is 10.3. The lowest BCUT2D eigenvalue weighted by Crippen LogP contribution is -2.30. The molecule has 2 rings (SSSR count). The maximum Gasteiger partial charge on any atom is 0.223 e. The molecule has 0 radical (unpaired) electrons. The SMILES string of the molecule is COc1ccc(CN(Cc2ccc(OC)cc2)C(=O)CCC(C)=O)cc1. The fourth-order valence-electron chi connectivity index (χ4n) is 2.58. The summed E-state index contributed by atoms with van der Waals surface area (Å²) in [6.45, 7) is 2.46. The highest BCUT2D eigenvalue weighted by Crippen LogP contribution is 2.18. The molecule has 26 heavy (non-hydrogen) atoms. The number of nitrogens with zero attached hydrogens (tertiary/aromatic N) is 1. The molecule has 5 heteroatoms. The number of hydrogen-bond donors (Lipinski definition) is 0. The van der Waals surface area contributed by atoms with Crippen LogP contribution >= 0.6 is 0 Å². The first kappa shape index (κ1) is 19.5. The van der Waals surface area contributed by atoms with Gasteiger partial charge < -0.3 is 19.2 Å². The molecule has 0 atom stereocenters. The van der Waals surface area contributed by atoms with Crippen molar-refractivity contribution in [2.75, 3.05) is 14.2 Å². The zero-order chi connectivity index (χ0) is 18.9. The van der Waals surface area contributed by atoms with E-state index >= 15 is 0 Å². The largest absolute Gasteiger partial charge is 0.497 e. The molecule has 0 fully saturated rings. The molecule has 0 aliphatic rings. The van der Waals surface area contributed by atoms with Crippen LogP contribution in [0.25, 0.3) is 0 Å². The van der Waals surface area contributed by atoms with E-state index in [0.29, 0.717) is 13.1 Å². The summed E-state index contributed by atoms with van der Waals surface area (Å²) in [5.74, 6) is 1.54. The smallest absolute Gasteiger partial charge is 0.223 e. The minimum atomic E-state index is -0.0353. The van der Waals surface area contributed by atoms with E-state index in [4.69, 9.17) is 9.47 Å². The molecular weight excluding hydrogens is 330 g/mol. The number of carbonyl (C=O) groups excluding carboxylic acids is 2. The Labute approximate surface area is 154 Å². The molecular formula is C21H25NO4. The van der Waals surface area contributed by atoms with E-state index in [2.05, 4.69) is 0 Å². The van der Waals surface area contributed by atoms with Crippen molar-refractivity contribution < 1.29 is 19.1 Å². The standard InChI is InChI=1S/C21H25NO4/c1-16(23)4-13-21(24)22(14-17-5-9-19(25-2)10-6-17)15-18-7-11-20(26-3)12-8-18/h5-12H,4,13-15H2,1-3H3. The summed E-state index contributed by atoms with van der Waals surface area (Å²) in [4.78, 5) is 25.6. The second-order valence-electron chi connectivity index (χ2n) is 6.15. The molecule has 0 heterocycles. The number of carbonyl (C=O) groups is 2. The summed E-state index contributed by atoms with van der Waals surface area (Å²) < 4.78 is 10.3. The van der Waals surface area contributed by atoms with Gasteiger partial charge in [-0.15, -0.1) is 0 Å².